The zero-order valence-electron chi connectivity index (χ0n) is 9.12. The molecule has 1 heterocycles. The quantitative estimate of drug-likeness (QED) is 0.661. The van der Waals surface area contributed by atoms with Gasteiger partial charge in [-0.1, -0.05) is 24.6 Å². The molecule has 0 bridgehead atoms. The first-order valence-corrected chi connectivity index (χ1v) is 6.59. The van der Waals surface area contributed by atoms with Crippen molar-refractivity contribution in [1.82, 2.24) is 10.6 Å². The molecule has 1 saturated carbocycles. The van der Waals surface area contributed by atoms with E-state index in [0.29, 0.717) is 12.3 Å². The van der Waals surface area contributed by atoms with Gasteiger partial charge in [-0.3, -0.25) is 9.59 Å². The number of carbonyl (C=O) groups is 2. The second-order valence-electron chi connectivity index (χ2n) is 4.48. The summed E-state index contributed by atoms with van der Waals surface area (Å²) < 4.78 is 0. The van der Waals surface area contributed by atoms with Crippen molar-refractivity contribution in [2.24, 2.45) is 5.73 Å². The van der Waals surface area contributed by atoms with E-state index in [1.807, 2.05) is 0 Å². The fourth-order valence-corrected chi connectivity index (χ4v) is 3.08. The highest BCUT2D eigenvalue weighted by Crippen LogP contribution is 2.29. The number of carbonyl (C=O) groups excluding carboxylic acids is 2. The largest absolute Gasteiger partial charge is 0.348 e. The Morgan fingerprint density at radius 1 is 1.56 bits per heavy atom. The molecule has 2 aliphatic rings. The predicted molar refractivity (Wildman–Crippen MR) is 63.2 cm³/mol. The van der Waals surface area contributed by atoms with E-state index in [1.54, 1.807) is 0 Å². The maximum Gasteiger partial charge on any atom is 0.279 e. The van der Waals surface area contributed by atoms with E-state index in [4.69, 9.17) is 5.73 Å². The predicted octanol–water partition coefficient (Wildman–Crippen LogP) is 0.199. The highest BCUT2D eigenvalue weighted by atomic mass is 32.2. The molecular weight excluding hydrogens is 226 g/mol. The van der Waals surface area contributed by atoms with E-state index in [-0.39, 0.29) is 22.7 Å². The number of thioether (sulfide) groups is 1. The van der Waals surface area contributed by atoms with Gasteiger partial charge in [0.2, 0.25) is 5.91 Å². The molecular formula is C10H17N3O2S. The van der Waals surface area contributed by atoms with E-state index in [1.165, 1.54) is 0 Å². The van der Waals surface area contributed by atoms with Gasteiger partial charge in [0.25, 0.3) is 5.24 Å². The van der Waals surface area contributed by atoms with Crippen LogP contribution in [0.2, 0.25) is 0 Å². The fraction of sp³-hybridized carbons (Fsp3) is 0.800. The Balaban J connectivity index is 1.93. The molecule has 90 valence electrons. The number of hydrogen-bond donors (Lipinski definition) is 3. The standard InChI is InChI=1S/C10H17N3O2S/c11-6-10(3-1-2-4-10)13-8(14)7-5-16-9(15)12-7/h7H,1-6,11H2,(H,12,15)(H,13,14). The van der Waals surface area contributed by atoms with E-state index in [9.17, 15) is 9.59 Å². The Hall–Kier alpha value is -0.750. The zero-order chi connectivity index (χ0) is 11.6. The van der Waals surface area contributed by atoms with Crippen LogP contribution in [-0.4, -0.2) is 35.0 Å². The molecule has 4 N–H and O–H groups in total. The molecule has 0 radical (unpaired) electrons. The van der Waals surface area contributed by atoms with Crippen molar-refractivity contribution >= 4 is 22.9 Å². The molecule has 6 heteroatoms. The van der Waals surface area contributed by atoms with Gasteiger partial charge in [0.1, 0.15) is 6.04 Å². The van der Waals surface area contributed by atoms with Crippen LogP contribution in [0.3, 0.4) is 0 Å². The maximum atomic E-state index is 11.9. The van der Waals surface area contributed by atoms with Gasteiger partial charge in [0.15, 0.2) is 0 Å². The first-order valence-electron chi connectivity index (χ1n) is 5.61. The van der Waals surface area contributed by atoms with Gasteiger partial charge in [-0.25, -0.2) is 0 Å². The van der Waals surface area contributed by atoms with Crippen LogP contribution < -0.4 is 16.4 Å². The lowest BCUT2D eigenvalue weighted by Crippen LogP contribution is -2.56. The number of hydrogen-bond acceptors (Lipinski definition) is 4. The molecule has 5 nitrogen and oxygen atoms in total. The molecule has 1 aliphatic heterocycles. The van der Waals surface area contributed by atoms with Crippen molar-refractivity contribution in [3.8, 4) is 0 Å². The van der Waals surface area contributed by atoms with Crippen molar-refractivity contribution in [1.29, 1.82) is 0 Å². The highest BCUT2D eigenvalue weighted by molar-refractivity contribution is 8.14. The molecule has 0 aromatic rings. The number of nitrogens with two attached hydrogens (primary N) is 1. The number of rotatable bonds is 3. The third kappa shape index (κ3) is 2.32. The van der Waals surface area contributed by atoms with E-state index in [2.05, 4.69) is 10.6 Å². The third-order valence-electron chi connectivity index (χ3n) is 3.33. The minimum atomic E-state index is -0.387. The van der Waals surface area contributed by atoms with Crippen molar-refractivity contribution in [2.75, 3.05) is 12.3 Å². The minimum Gasteiger partial charge on any atom is -0.348 e. The Labute approximate surface area is 98.9 Å². The molecule has 16 heavy (non-hydrogen) atoms. The monoisotopic (exact) mass is 243 g/mol. The van der Waals surface area contributed by atoms with Crippen LogP contribution in [0, 0.1) is 0 Å². The highest BCUT2D eigenvalue weighted by Gasteiger charge is 2.37. The van der Waals surface area contributed by atoms with Crippen molar-refractivity contribution < 1.29 is 9.59 Å². The normalized spacial score (nSPS) is 27.8. The summed E-state index contributed by atoms with van der Waals surface area (Å²) in [7, 11) is 0. The van der Waals surface area contributed by atoms with E-state index >= 15 is 0 Å². The maximum absolute atomic E-state index is 11.9. The van der Waals surface area contributed by atoms with Gasteiger partial charge in [-0.15, -0.1) is 0 Å². The molecule has 0 aromatic carbocycles. The third-order valence-corrected chi connectivity index (χ3v) is 4.21. The molecule has 1 atom stereocenters. The van der Waals surface area contributed by atoms with Crippen molar-refractivity contribution in [2.45, 2.75) is 37.3 Å². The van der Waals surface area contributed by atoms with Crippen LogP contribution in [0.4, 0.5) is 4.79 Å². The average Bonchev–Trinajstić information content (AvgIpc) is 2.88. The molecule has 0 spiro atoms. The summed E-state index contributed by atoms with van der Waals surface area (Å²) in [5, 5.41) is 5.54. The Kier molecular flexibility index (Phi) is 3.39. The van der Waals surface area contributed by atoms with E-state index < -0.39 is 0 Å². The minimum absolute atomic E-state index is 0.0919. The van der Waals surface area contributed by atoms with Crippen LogP contribution in [0.25, 0.3) is 0 Å². The molecule has 0 aromatic heterocycles. The van der Waals surface area contributed by atoms with Crippen LogP contribution in [-0.2, 0) is 4.79 Å². The lowest BCUT2D eigenvalue weighted by Gasteiger charge is -2.29. The SMILES string of the molecule is NCC1(NC(=O)C2CSC(=O)N2)CCCC1. The average molecular weight is 243 g/mol. The first kappa shape index (κ1) is 11.7. The Bertz CT molecular complexity index is 302. The number of amides is 2. The molecule has 1 aliphatic carbocycles. The second kappa shape index (κ2) is 4.63. The summed E-state index contributed by atoms with van der Waals surface area (Å²) in [6.45, 7) is 0.479. The summed E-state index contributed by atoms with van der Waals surface area (Å²) in [5.41, 5.74) is 5.51. The summed E-state index contributed by atoms with van der Waals surface area (Å²) >= 11 is 1.16. The topological polar surface area (TPSA) is 84.2 Å². The summed E-state index contributed by atoms with van der Waals surface area (Å²) in [4.78, 5) is 22.9. The molecule has 2 fully saturated rings. The van der Waals surface area contributed by atoms with Gasteiger partial charge in [0.05, 0.1) is 5.54 Å². The summed E-state index contributed by atoms with van der Waals surface area (Å²) in [6.07, 6.45) is 4.12. The molecule has 1 unspecified atom stereocenters. The van der Waals surface area contributed by atoms with Crippen LogP contribution in [0.5, 0.6) is 0 Å². The van der Waals surface area contributed by atoms with Crippen molar-refractivity contribution in [3.63, 3.8) is 0 Å². The molecule has 1 saturated heterocycles. The number of nitrogens with one attached hydrogen (secondary N) is 2. The summed E-state index contributed by atoms with van der Waals surface area (Å²) in [6, 6.07) is -0.387. The van der Waals surface area contributed by atoms with Gasteiger partial charge in [-0.05, 0) is 12.8 Å². The molecule has 2 amide bonds. The van der Waals surface area contributed by atoms with Crippen LogP contribution >= 0.6 is 11.8 Å². The van der Waals surface area contributed by atoms with Crippen LogP contribution in [0.1, 0.15) is 25.7 Å². The zero-order valence-corrected chi connectivity index (χ0v) is 9.94. The second-order valence-corrected chi connectivity index (χ2v) is 5.47. The first-order chi connectivity index (χ1) is 7.65. The Morgan fingerprint density at radius 2 is 2.25 bits per heavy atom. The van der Waals surface area contributed by atoms with Crippen molar-refractivity contribution in [3.05, 3.63) is 0 Å². The van der Waals surface area contributed by atoms with E-state index in [0.717, 1.165) is 37.4 Å². The van der Waals surface area contributed by atoms with Gasteiger partial charge in [-0.2, -0.15) is 0 Å². The molecule has 2 rings (SSSR count). The fourth-order valence-electron chi connectivity index (χ4n) is 2.31. The lowest BCUT2D eigenvalue weighted by atomic mass is 9.97. The Morgan fingerprint density at radius 3 is 2.75 bits per heavy atom. The smallest absolute Gasteiger partial charge is 0.279 e. The summed E-state index contributed by atoms with van der Waals surface area (Å²) in [5.74, 6) is 0.427. The van der Waals surface area contributed by atoms with Gasteiger partial charge >= 0.3 is 0 Å². The van der Waals surface area contributed by atoms with Gasteiger partial charge < -0.3 is 16.4 Å². The van der Waals surface area contributed by atoms with Crippen LogP contribution in [0.15, 0.2) is 0 Å². The van der Waals surface area contributed by atoms with Gasteiger partial charge in [0, 0.05) is 12.3 Å². The lowest BCUT2D eigenvalue weighted by molar-refractivity contribution is -0.124.